The molecule has 2 atom stereocenters. The molecule has 0 aliphatic heterocycles. The Kier molecular flexibility index (Phi) is 6.35. The van der Waals surface area contributed by atoms with Gasteiger partial charge in [0.1, 0.15) is 0 Å². The third-order valence-corrected chi connectivity index (χ3v) is 4.33. The van der Waals surface area contributed by atoms with Crippen LogP contribution in [0.25, 0.3) is 0 Å². The highest BCUT2D eigenvalue weighted by Crippen LogP contribution is 2.23. The van der Waals surface area contributed by atoms with E-state index < -0.39 is 0 Å². The average Bonchev–Trinajstić information content (AvgIpc) is 2.41. The summed E-state index contributed by atoms with van der Waals surface area (Å²) in [6.45, 7) is 4.82. The molecule has 1 N–H and O–H groups in total. The van der Waals surface area contributed by atoms with Crippen LogP contribution in [0.1, 0.15) is 38.2 Å². The van der Waals surface area contributed by atoms with Crippen molar-refractivity contribution in [3.8, 4) is 0 Å². The minimum Gasteiger partial charge on any atom is -0.375 e. The lowest BCUT2D eigenvalue weighted by molar-refractivity contribution is 0.118. The van der Waals surface area contributed by atoms with Gasteiger partial charge in [-0.25, -0.2) is 0 Å². The maximum atomic E-state index is 5.70. The first-order valence-corrected chi connectivity index (χ1v) is 8.09. The molecule has 1 aromatic rings. The van der Waals surface area contributed by atoms with Gasteiger partial charge in [-0.2, -0.15) is 0 Å². The highest BCUT2D eigenvalue weighted by atomic mass is 79.9. The first kappa shape index (κ1) is 15.0. The van der Waals surface area contributed by atoms with Gasteiger partial charge in [0.15, 0.2) is 0 Å². The molecule has 1 aliphatic rings. The normalized spacial score (nSPS) is 23.5. The van der Waals surface area contributed by atoms with E-state index in [0.717, 1.165) is 23.5 Å². The van der Waals surface area contributed by atoms with E-state index in [1.165, 1.54) is 31.2 Å². The molecule has 0 heterocycles. The molecule has 0 bridgehead atoms. The fraction of sp³-hybridized carbons (Fsp3) is 0.625. The Hall–Kier alpha value is -0.380. The van der Waals surface area contributed by atoms with Crippen LogP contribution in [0.4, 0.5) is 0 Å². The van der Waals surface area contributed by atoms with Crippen LogP contribution in [0, 0.1) is 5.92 Å². The minimum absolute atomic E-state index is 0.704. The molecule has 0 saturated heterocycles. The Morgan fingerprint density at radius 2 is 2.05 bits per heavy atom. The van der Waals surface area contributed by atoms with E-state index in [4.69, 9.17) is 4.74 Å². The third-order valence-electron chi connectivity index (χ3n) is 3.80. The van der Waals surface area contributed by atoms with Gasteiger partial charge in [0.2, 0.25) is 0 Å². The Morgan fingerprint density at radius 1 is 1.26 bits per heavy atom. The fourth-order valence-electron chi connectivity index (χ4n) is 2.73. The van der Waals surface area contributed by atoms with E-state index in [9.17, 15) is 0 Å². The lowest BCUT2D eigenvalue weighted by atomic mass is 9.87. The van der Waals surface area contributed by atoms with Gasteiger partial charge in [0.05, 0.1) is 13.2 Å². The van der Waals surface area contributed by atoms with E-state index >= 15 is 0 Å². The predicted molar refractivity (Wildman–Crippen MR) is 83.2 cm³/mol. The molecule has 0 radical (unpaired) electrons. The molecular weight excluding hydrogens is 302 g/mol. The van der Waals surface area contributed by atoms with Crippen molar-refractivity contribution in [1.82, 2.24) is 5.32 Å². The first-order valence-electron chi connectivity index (χ1n) is 7.29. The molecule has 1 saturated carbocycles. The predicted octanol–water partition coefficient (Wildman–Crippen LogP) is 4.13. The van der Waals surface area contributed by atoms with E-state index in [0.29, 0.717) is 12.6 Å². The largest absolute Gasteiger partial charge is 0.375 e. The third kappa shape index (κ3) is 5.64. The number of halogens is 1. The Morgan fingerprint density at radius 3 is 2.79 bits per heavy atom. The summed E-state index contributed by atoms with van der Waals surface area (Å²) >= 11 is 3.44. The smallest absolute Gasteiger partial charge is 0.0717 e. The Bertz CT molecular complexity index is 366. The van der Waals surface area contributed by atoms with Crippen molar-refractivity contribution in [2.75, 3.05) is 13.2 Å². The summed E-state index contributed by atoms with van der Waals surface area (Å²) in [7, 11) is 0. The molecular formula is C16H24BrNO. The second kappa shape index (κ2) is 8.03. The summed E-state index contributed by atoms with van der Waals surface area (Å²) < 4.78 is 6.81. The van der Waals surface area contributed by atoms with E-state index in [-0.39, 0.29) is 0 Å². The summed E-state index contributed by atoms with van der Waals surface area (Å²) in [6, 6.07) is 9.02. The summed E-state index contributed by atoms with van der Waals surface area (Å²) in [5.74, 6) is 0.884. The zero-order valence-electron chi connectivity index (χ0n) is 11.7. The highest BCUT2D eigenvalue weighted by molar-refractivity contribution is 9.10. The summed E-state index contributed by atoms with van der Waals surface area (Å²) in [5.41, 5.74) is 1.23. The van der Waals surface area contributed by atoms with Crippen LogP contribution in [0.3, 0.4) is 0 Å². The molecule has 1 aromatic carbocycles. The van der Waals surface area contributed by atoms with Gasteiger partial charge in [-0.15, -0.1) is 0 Å². The topological polar surface area (TPSA) is 21.3 Å². The molecule has 2 unspecified atom stereocenters. The Balaban J connectivity index is 1.55. The fourth-order valence-corrected chi connectivity index (χ4v) is 2.99. The molecule has 1 aliphatic carbocycles. The van der Waals surface area contributed by atoms with Gasteiger partial charge in [-0.1, -0.05) is 47.8 Å². The number of ether oxygens (including phenoxy) is 1. The standard InChI is InChI=1S/C16H24BrNO/c1-13-3-2-4-16(11-13)18-9-10-19-12-14-5-7-15(17)8-6-14/h5-8,13,16,18H,2-4,9-12H2,1H3. The lowest BCUT2D eigenvalue weighted by Gasteiger charge is -2.27. The SMILES string of the molecule is CC1CCCC(NCCOCc2ccc(Br)cc2)C1. The molecule has 2 nitrogen and oxygen atoms in total. The van der Waals surface area contributed by atoms with Crippen molar-refractivity contribution >= 4 is 15.9 Å². The van der Waals surface area contributed by atoms with Gasteiger partial charge in [0.25, 0.3) is 0 Å². The number of hydrogen-bond donors (Lipinski definition) is 1. The lowest BCUT2D eigenvalue weighted by Crippen LogP contribution is -2.35. The van der Waals surface area contributed by atoms with Crippen LogP contribution in [-0.4, -0.2) is 19.2 Å². The first-order chi connectivity index (χ1) is 9.24. The van der Waals surface area contributed by atoms with Crippen LogP contribution in [0.2, 0.25) is 0 Å². The molecule has 0 spiro atoms. The molecule has 19 heavy (non-hydrogen) atoms. The second-order valence-electron chi connectivity index (χ2n) is 5.60. The van der Waals surface area contributed by atoms with Crippen molar-refractivity contribution < 1.29 is 4.74 Å². The van der Waals surface area contributed by atoms with E-state index in [2.05, 4.69) is 52.4 Å². The molecule has 106 valence electrons. The molecule has 1 fully saturated rings. The highest BCUT2D eigenvalue weighted by Gasteiger charge is 2.17. The van der Waals surface area contributed by atoms with Crippen molar-refractivity contribution in [2.45, 2.75) is 45.3 Å². The Labute approximate surface area is 125 Å². The van der Waals surface area contributed by atoms with Gasteiger partial charge in [-0.05, 0) is 36.5 Å². The van der Waals surface area contributed by atoms with Crippen LogP contribution >= 0.6 is 15.9 Å². The van der Waals surface area contributed by atoms with E-state index in [1.54, 1.807) is 0 Å². The van der Waals surface area contributed by atoms with Crippen molar-refractivity contribution in [2.24, 2.45) is 5.92 Å². The van der Waals surface area contributed by atoms with Gasteiger partial charge in [-0.3, -0.25) is 0 Å². The monoisotopic (exact) mass is 325 g/mol. The maximum Gasteiger partial charge on any atom is 0.0717 e. The molecule has 2 rings (SSSR count). The average molecular weight is 326 g/mol. The number of nitrogens with one attached hydrogen (secondary N) is 1. The zero-order chi connectivity index (χ0) is 13.5. The summed E-state index contributed by atoms with van der Waals surface area (Å²) in [6.07, 6.45) is 5.43. The molecule has 0 aromatic heterocycles. The molecule has 0 amide bonds. The van der Waals surface area contributed by atoms with Crippen molar-refractivity contribution in [3.63, 3.8) is 0 Å². The van der Waals surface area contributed by atoms with Gasteiger partial charge < -0.3 is 10.1 Å². The number of rotatable bonds is 6. The van der Waals surface area contributed by atoms with Crippen molar-refractivity contribution in [3.05, 3.63) is 34.3 Å². The summed E-state index contributed by atoms with van der Waals surface area (Å²) in [4.78, 5) is 0. The zero-order valence-corrected chi connectivity index (χ0v) is 13.3. The second-order valence-corrected chi connectivity index (χ2v) is 6.52. The van der Waals surface area contributed by atoms with Gasteiger partial charge in [0, 0.05) is 17.1 Å². The minimum atomic E-state index is 0.704. The van der Waals surface area contributed by atoms with E-state index in [1.807, 2.05) is 0 Å². The quantitative estimate of drug-likeness (QED) is 0.794. The number of benzene rings is 1. The number of hydrogen-bond acceptors (Lipinski definition) is 2. The maximum absolute atomic E-state index is 5.70. The van der Waals surface area contributed by atoms with Gasteiger partial charge >= 0.3 is 0 Å². The molecule has 3 heteroatoms. The van der Waals surface area contributed by atoms with Crippen LogP contribution < -0.4 is 5.32 Å². The van der Waals surface area contributed by atoms with Crippen LogP contribution in [-0.2, 0) is 11.3 Å². The van der Waals surface area contributed by atoms with Crippen LogP contribution in [0.15, 0.2) is 28.7 Å². The van der Waals surface area contributed by atoms with Crippen molar-refractivity contribution in [1.29, 1.82) is 0 Å². The van der Waals surface area contributed by atoms with Crippen LogP contribution in [0.5, 0.6) is 0 Å². The summed E-state index contributed by atoms with van der Waals surface area (Å²) in [5, 5.41) is 3.61.